The van der Waals surface area contributed by atoms with Crippen LogP contribution in [0.5, 0.6) is 0 Å². The van der Waals surface area contributed by atoms with Crippen LogP contribution < -0.4 is 5.11 Å². The summed E-state index contributed by atoms with van der Waals surface area (Å²) in [6.45, 7) is 5.61. The summed E-state index contributed by atoms with van der Waals surface area (Å²) in [5.74, 6) is -0.995. The predicted octanol–water partition coefficient (Wildman–Crippen LogP) is -0.167. The van der Waals surface area contributed by atoms with Crippen molar-refractivity contribution in [2.24, 2.45) is 0 Å². The van der Waals surface area contributed by atoms with Crippen molar-refractivity contribution in [2.45, 2.75) is 20.3 Å². The number of ether oxygens (including phenoxy) is 1. The van der Waals surface area contributed by atoms with E-state index >= 15 is 0 Å². The van der Waals surface area contributed by atoms with Crippen LogP contribution in [0.2, 0.25) is 0 Å². The fourth-order valence-electron chi connectivity index (χ4n) is 0.441. The van der Waals surface area contributed by atoms with Gasteiger partial charge in [-0.15, -0.1) is 0 Å². The van der Waals surface area contributed by atoms with E-state index in [1.807, 2.05) is 0 Å². The number of carboxylic acids is 1. The number of methoxy groups -OCH3 is 1. The molecule has 0 aliphatic heterocycles. The number of carbonyl (C=O) groups is 1. The molecule has 0 unspecified atom stereocenters. The van der Waals surface area contributed by atoms with Crippen molar-refractivity contribution in [3.8, 4) is 0 Å². The van der Waals surface area contributed by atoms with E-state index in [-0.39, 0.29) is 6.42 Å². The molecule has 0 aromatic carbocycles. The van der Waals surface area contributed by atoms with Crippen molar-refractivity contribution in [1.29, 1.82) is 0 Å². The summed E-state index contributed by atoms with van der Waals surface area (Å²) in [5.41, 5.74) is 0. The molecule has 0 aromatic rings. The molecule has 0 aromatic heterocycles. The molecule has 0 aliphatic rings. The lowest BCUT2D eigenvalue weighted by Gasteiger charge is -2.26. The van der Waals surface area contributed by atoms with Gasteiger partial charge in [0.1, 0.15) is 0 Å². The van der Waals surface area contributed by atoms with Crippen LogP contribution in [-0.2, 0) is 9.53 Å². The molecule has 0 rings (SSSR count). The molecule has 0 amide bonds. The third kappa shape index (κ3) is 14.3. The van der Waals surface area contributed by atoms with E-state index in [0.29, 0.717) is 0 Å². The summed E-state index contributed by atoms with van der Waals surface area (Å²) >= 11 is 0. The summed E-state index contributed by atoms with van der Waals surface area (Å²) in [4.78, 5) is 9.26. The molecule has 0 spiro atoms. The topological polar surface area (TPSA) is 49.4 Å². The normalized spacial score (nSPS) is 10.2. The molecule has 0 aliphatic carbocycles. The number of carbonyl (C=O) groups excluding carboxylic acids is 1. The molecular formula is C9H21NO3. The zero-order valence-corrected chi connectivity index (χ0v) is 9.29. The van der Waals surface area contributed by atoms with Gasteiger partial charge < -0.3 is 19.1 Å². The molecule has 0 atom stereocenters. The van der Waals surface area contributed by atoms with E-state index in [1.54, 1.807) is 7.11 Å². The van der Waals surface area contributed by atoms with Crippen molar-refractivity contribution in [3.05, 3.63) is 0 Å². The average Bonchev–Trinajstić information content (AvgIpc) is 2.05. The molecule has 13 heavy (non-hydrogen) atoms. The highest BCUT2D eigenvalue weighted by Crippen LogP contribution is 1.93. The first-order valence-corrected chi connectivity index (χ1v) is 4.40. The van der Waals surface area contributed by atoms with Gasteiger partial charge in [-0.2, -0.15) is 0 Å². The van der Waals surface area contributed by atoms with Gasteiger partial charge in [-0.1, -0.05) is 6.92 Å². The van der Waals surface area contributed by atoms with Gasteiger partial charge in [0.05, 0.1) is 20.6 Å². The summed E-state index contributed by atoms with van der Waals surface area (Å²) in [6.07, 6.45) is 0.111. The predicted molar refractivity (Wildman–Crippen MR) is 49.8 cm³/mol. The molecule has 0 heterocycles. The van der Waals surface area contributed by atoms with Crippen LogP contribution in [0.3, 0.4) is 0 Å². The number of aliphatic carboxylic acids is 1. The number of hydrogen-bond donors (Lipinski definition) is 0. The van der Waals surface area contributed by atoms with Crippen LogP contribution in [0, 0.1) is 0 Å². The smallest absolute Gasteiger partial charge is 0.182 e. The monoisotopic (exact) mass is 191 g/mol. The van der Waals surface area contributed by atoms with Crippen LogP contribution >= 0.6 is 0 Å². The molecule has 4 heteroatoms. The molecule has 0 radical (unpaired) electrons. The van der Waals surface area contributed by atoms with Gasteiger partial charge >= 0.3 is 0 Å². The van der Waals surface area contributed by atoms with E-state index in [2.05, 4.69) is 21.0 Å². The summed E-state index contributed by atoms with van der Waals surface area (Å²) in [5, 5.41) is 9.26. The van der Waals surface area contributed by atoms with Crippen LogP contribution in [0.4, 0.5) is 0 Å². The molecule has 4 nitrogen and oxygen atoms in total. The molecule has 0 N–H and O–H groups in total. The number of rotatable bonds is 4. The Bertz CT molecular complexity index is 135. The van der Waals surface area contributed by atoms with E-state index in [9.17, 15) is 9.90 Å². The highest BCUT2D eigenvalue weighted by molar-refractivity contribution is 5.63. The minimum absolute atomic E-state index is 0.111. The summed E-state index contributed by atoms with van der Waals surface area (Å²) in [6, 6.07) is 0. The summed E-state index contributed by atoms with van der Waals surface area (Å²) in [7, 11) is 6.02. The number of carboxylic acid groups (broad SMARTS) is 1. The number of nitrogens with zero attached hydrogens (tertiary/aromatic N) is 1. The first-order valence-electron chi connectivity index (χ1n) is 4.40. The third-order valence-corrected chi connectivity index (χ3v) is 1.62. The van der Waals surface area contributed by atoms with Gasteiger partial charge in [0.2, 0.25) is 0 Å². The highest BCUT2D eigenvalue weighted by atomic mass is 16.5. The van der Waals surface area contributed by atoms with Gasteiger partial charge in [-0.3, -0.25) is 0 Å². The zero-order chi connectivity index (χ0) is 10.9. The standard InChI is InChI=1S/C6H16NO.C3H6O2/c1-5-7(2,3)6-8-4;1-2-3(4)5/h5-6H2,1-4H3;2H2,1H3,(H,4,5)/q+1;/p-1. The van der Waals surface area contributed by atoms with Crippen LogP contribution in [0.25, 0.3) is 0 Å². The Labute approximate surface area is 80.7 Å². The second-order valence-electron chi connectivity index (χ2n) is 3.40. The fraction of sp³-hybridized carbons (Fsp3) is 0.889. The van der Waals surface area contributed by atoms with Gasteiger partial charge in [0, 0.05) is 13.1 Å². The van der Waals surface area contributed by atoms with E-state index < -0.39 is 5.97 Å². The van der Waals surface area contributed by atoms with Crippen LogP contribution in [-0.4, -0.2) is 44.9 Å². The first kappa shape index (κ1) is 14.9. The lowest BCUT2D eigenvalue weighted by atomic mass is 10.5. The van der Waals surface area contributed by atoms with Crippen LogP contribution in [0.1, 0.15) is 20.3 Å². The second kappa shape index (κ2) is 8.01. The lowest BCUT2D eigenvalue weighted by Crippen LogP contribution is -2.40. The summed E-state index contributed by atoms with van der Waals surface area (Å²) < 4.78 is 5.91. The SMILES string of the molecule is CCC(=O)[O-].CC[N+](C)(C)COC. The lowest BCUT2D eigenvalue weighted by molar-refractivity contribution is -0.907. The Morgan fingerprint density at radius 3 is 1.85 bits per heavy atom. The Balaban J connectivity index is 0. The van der Waals surface area contributed by atoms with Crippen molar-refractivity contribution < 1.29 is 19.1 Å². The average molecular weight is 191 g/mol. The molecular weight excluding hydrogens is 170 g/mol. The largest absolute Gasteiger partial charge is 0.550 e. The zero-order valence-electron chi connectivity index (χ0n) is 9.29. The van der Waals surface area contributed by atoms with E-state index in [4.69, 9.17) is 4.74 Å². The minimum atomic E-state index is -0.995. The van der Waals surface area contributed by atoms with Gasteiger partial charge in [-0.05, 0) is 13.3 Å². The Morgan fingerprint density at radius 2 is 1.77 bits per heavy atom. The van der Waals surface area contributed by atoms with Crippen molar-refractivity contribution >= 4 is 5.97 Å². The third-order valence-electron chi connectivity index (χ3n) is 1.62. The van der Waals surface area contributed by atoms with Crippen molar-refractivity contribution in [2.75, 3.05) is 34.5 Å². The Morgan fingerprint density at radius 1 is 1.38 bits per heavy atom. The molecule has 0 fully saturated rings. The Kier molecular flexibility index (Phi) is 9.17. The maximum atomic E-state index is 9.26. The van der Waals surface area contributed by atoms with Gasteiger partial charge in [0.15, 0.2) is 6.73 Å². The second-order valence-corrected chi connectivity index (χ2v) is 3.40. The highest BCUT2D eigenvalue weighted by Gasteiger charge is 2.08. The fourth-order valence-corrected chi connectivity index (χ4v) is 0.441. The molecule has 0 saturated carbocycles. The van der Waals surface area contributed by atoms with Gasteiger partial charge in [0.25, 0.3) is 0 Å². The van der Waals surface area contributed by atoms with Crippen LogP contribution in [0.15, 0.2) is 0 Å². The minimum Gasteiger partial charge on any atom is -0.550 e. The maximum absolute atomic E-state index is 9.26. The number of quaternary nitrogens is 1. The first-order chi connectivity index (χ1) is 5.89. The Hall–Kier alpha value is -0.610. The van der Waals surface area contributed by atoms with E-state index in [1.165, 1.54) is 6.92 Å². The molecule has 0 bridgehead atoms. The molecule has 80 valence electrons. The number of hydrogen-bond acceptors (Lipinski definition) is 3. The van der Waals surface area contributed by atoms with Crippen molar-refractivity contribution in [3.63, 3.8) is 0 Å². The maximum Gasteiger partial charge on any atom is 0.182 e. The van der Waals surface area contributed by atoms with Crippen molar-refractivity contribution in [1.82, 2.24) is 0 Å². The quantitative estimate of drug-likeness (QED) is 0.458. The molecule has 0 saturated heterocycles. The van der Waals surface area contributed by atoms with Gasteiger partial charge in [-0.25, -0.2) is 0 Å². The van der Waals surface area contributed by atoms with E-state index in [0.717, 1.165) is 17.8 Å².